The van der Waals surface area contributed by atoms with E-state index in [1.54, 1.807) is 0 Å². The molecule has 3 heteroatoms. The number of hydrogen-bond donors (Lipinski definition) is 1. The molecule has 1 saturated carbocycles. The molecule has 0 saturated heterocycles. The SMILES string of the molecule is CC1(C(N)=O)CCC(C#N)C1(C)C. The normalized spacial score (nSPS) is 36.9. The van der Waals surface area contributed by atoms with E-state index in [0.29, 0.717) is 0 Å². The molecule has 1 aliphatic rings. The van der Waals surface area contributed by atoms with Gasteiger partial charge in [-0.15, -0.1) is 0 Å². The highest BCUT2D eigenvalue weighted by Crippen LogP contribution is 2.55. The molecule has 1 amide bonds. The van der Waals surface area contributed by atoms with Crippen LogP contribution in [0.1, 0.15) is 33.6 Å². The number of carbonyl (C=O) groups excluding carboxylic acids is 1. The lowest BCUT2D eigenvalue weighted by molar-refractivity contribution is -0.132. The number of carbonyl (C=O) groups is 1. The Kier molecular flexibility index (Phi) is 2.11. The first-order valence-corrected chi connectivity index (χ1v) is 4.56. The summed E-state index contributed by atoms with van der Waals surface area (Å²) < 4.78 is 0. The van der Waals surface area contributed by atoms with Gasteiger partial charge in [-0.05, 0) is 18.3 Å². The summed E-state index contributed by atoms with van der Waals surface area (Å²) in [6.45, 7) is 5.78. The lowest BCUT2D eigenvalue weighted by Crippen LogP contribution is -2.44. The topological polar surface area (TPSA) is 66.9 Å². The highest BCUT2D eigenvalue weighted by molar-refractivity contribution is 5.81. The van der Waals surface area contributed by atoms with Crippen LogP contribution in [0.2, 0.25) is 0 Å². The van der Waals surface area contributed by atoms with E-state index in [2.05, 4.69) is 6.07 Å². The van der Waals surface area contributed by atoms with E-state index in [0.717, 1.165) is 12.8 Å². The van der Waals surface area contributed by atoms with Gasteiger partial charge in [0.15, 0.2) is 0 Å². The lowest BCUT2D eigenvalue weighted by Gasteiger charge is -2.36. The van der Waals surface area contributed by atoms with E-state index < -0.39 is 5.41 Å². The Labute approximate surface area is 78.9 Å². The van der Waals surface area contributed by atoms with E-state index in [9.17, 15) is 4.79 Å². The maximum Gasteiger partial charge on any atom is 0.223 e. The van der Waals surface area contributed by atoms with Crippen molar-refractivity contribution in [1.29, 1.82) is 5.26 Å². The molecule has 0 bridgehead atoms. The van der Waals surface area contributed by atoms with Crippen molar-refractivity contribution in [3.05, 3.63) is 0 Å². The van der Waals surface area contributed by atoms with Gasteiger partial charge >= 0.3 is 0 Å². The van der Waals surface area contributed by atoms with Gasteiger partial charge in [0.05, 0.1) is 17.4 Å². The summed E-state index contributed by atoms with van der Waals surface area (Å²) in [5.41, 5.74) is 4.56. The highest BCUT2D eigenvalue weighted by atomic mass is 16.1. The summed E-state index contributed by atoms with van der Waals surface area (Å²) in [4.78, 5) is 11.3. The molecule has 2 atom stereocenters. The fourth-order valence-electron chi connectivity index (χ4n) is 2.17. The van der Waals surface area contributed by atoms with Gasteiger partial charge in [0.25, 0.3) is 0 Å². The molecule has 72 valence electrons. The zero-order chi connectivity index (χ0) is 10.3. The predicted octanol–water partition coefficient (Wildman–Crippen LogP) is 1.44. The van der Waals surface area contributed by atoms with Crippen molar-refractivity contribution < 1.29 is 4.79 Å². The third kappa shape index (κ3) is 1.13. The van der Waals surface area contributed by atoms with Gasteiger partial charge in [-0.1, -0.05) is 20.8 Å². The zero-order valence-electron chi connectivity index (χ0n) is 8.42. The van der Waals surface area contributed by atoms with Gasteiger partial charge in [0.2, 0.25) is 5.91 Å². The van der Waals surface area contributed by atoms with E-state index in [1.807, 2.05) is 20.8 Å². The second-order valence-corrected chi connectivity index (χ2v) is 4.64. The molecule has 0 aromatic heterocycles. The fraction of sp³-hybridized carbons (Fsp3) is 0.800. The minimum absolute atomic E-state index is 0.0509. The Hall–Kier alpha value is -1.04. The first kappa shape index (κ1) is 10.0. The van der Waals surface area contributed by atoms with Gasteiger partial charge in [-0.2, -0.15) is 5.26 Å². The maximum absolute atomic E-state index is 11.3. The molecule has 0 aromatic carbocycles. The van der Waals surface area contributed by atoms with E-state index in [1.165, 1.54) is 0 Å². The van der Waals surface area contributed by atoms with Crippen molar-refractivity contribution in [2.75, 3.05) is 0 Å². The van der Waals surface area contributed by atoms with Crippen LogP contribution in [-0.4, -0.2) is 5.91 Å². The van der Waals surface area contributed by atoms with Crippen LogP contribution in [0.5, 0.6) is 0 Å². The van der Waals surface area contributed by atoms with Crippen LogP contribution in [-0.2, 0) is 4.79 Å². The van der Waals surface area contributed by atoms with Gasteiger partial charge in [0, 0.05) is 0 Å². The largest absolute Gasteiger partial charge is 0.369 e. The maximum atomic E-state index is 11.3. The Balaban J connectivity index is 3.07. The summed E-state index contributed by atoms with van der Waals surface area (Å²) in [5.74, 6) is -0.333. The number of primary amides is 1. The molecule has 2 N–H and O–H groups in total. The smallest absolute Gasteiger partial charge is 0.223 e. The highest BCUT2D eigenvalue weighted by Gasteiger charge is 2.55. The van der Waals surface area contributed by atoms with Gasteiger partial charge in [0.1, 0.15) is 0 Å². The van der Waals surface area contributed by atoms with E-state index >= 15 is 0 Å². The Morgan fingerprint density at radius 3 is 2.31 bits per heavy atom. The molecule has 13 heavy (non-hydrogen) atoms. The number of rotatable bonds is 1. The Morgan fingerprint density at radius 2 is 2.08 bits per heavy atom. The first-order valence-electron chi connectivity index (χ1n) is 4.56. The zero-order valence-corrected chi connectivity index (χ0v) is 8.42. The molecule has 0 aromatic rings. The molecule has 0 aliphatic heterocycles. The third-order valence-electron chi connectivity index (χ3n) is 3.93. The number of hydrogen-bond acceptors (Lipinski definition) is 2. The Morgan fingerprint density at radius 1 is 1.54 bits per heavy atom. The van der Waals surface area contributed by atoms with Crippen molar-refractivity contribution in [3.8, 4) is 6.07 Å². The summed E-state index contributed by atoms with van der Waals surface area (Å²) in [7, 11) is 0. The van der Waals surface area contributed by atoms with Crippen molar-refractivity contribution in [2.24, 2.45) is 22.5 Å². The summed E-state index contributed by atoms with van der Waals surface area (Å²) in [5, 5.41) is 8.91. The molecule has 0 spiro atoms. The number of amides is 1. The van der Waals surface area contributed by atoms with Gasteiger partial charge in [-0.3, -0.25) is 4.79 Å². The average molecular weight is 180 g/mol. The second-order valence-electron chi connectivity index (χ2n) is 4.64. The molecule has 0 heterocycles. The number of nitriles is 1. The summed E-state index contributed by atoms with van der Waals surface area (Å²) >= 11 is 0. The minimum Gasteiger partial charge on any atom is -0.369 e. The van der Waals surface area contributed by atoms with Crippen LogP contribution in [0.3, 0.4) is 0 Å². The van der Waals surface area contributed by atoms with Crippen molar-refractivity contribution in [2.45, 2.75) is 33.6 Å². The van der Waals surface area contributed by atoms with Gasteiger partial charge in [-0.25, -0.2) is 0 Å². The van der Waals surface area contributed by atoms with Crippen LogP contribution in [0.15, 0.2) is 0 Å². The second kappa shape index (κ2) is 2.73. The number of nitrogens with two attached hydrogens (primary N) is 1. The monoisotopic (exact) mass is 180 g/mol. The predicted molar refractivity (Wildman–Crippen MR) is 49.4 cm³/mol. The molecule has 1 rings (SSSR count). The van der Waals surface area contributed by atoms with E-state index in [4.69, 9.17) is 11.0 Å². The van der Waals surface area contributed by atoms with Gasteiger partial charge < -0.3 is 5.73 Å². The lowest BCUT2D eigenvalue weighted by atomic mass is 9.65. The van der Waals surface area contributed by atoms with Crippen molar-refractivity contribution in [1.82, 2.24) is 0 Å². The molecule has 2 unspecified atom stereocenters. The molecule has 3 nitrogen and oxygen atoms in total. The molecule has 1 fully saturated rings. The van der Waals surface area contributed by atoms with E-state index in [-0.39, 0.29) is 17.2 Å². The minimum atomic E-state index is -0.520. The van der Waals surface area contributed by atoms with Crippen LogP contribution in [0.25, 0.3) is 0 Å². The molecule has 1 aliphatic carbocycles. The molecular weight excluding hydrogens is 164 g/mol. The van der Waals surface area contributed by atoms with Crippen molar-refractivity contribution in [3.63, 3.8) is 0 Å². The fourth-order valence-corrected chi connectivity index (χ4v) is 2.17. The first-order chi connectivity index (χ1) is 5.86. The van der Waals surface area contributed by atoms with Crippen molar-refractivity contribution >= 4 is 5.91 Å². The van der Waals surface area contributed by atoms with Crippen LogP contribution in [0, 0.1) is 28.1 Å². The Bertz CT molecular complexity index is 277. The molecule has 0 radical (unpaired) electrons. The summed E-state index contributed by atoms with van der Waals surface area (Å²) in [6, 6.07) is 2.26. The number of nitrogens with zero attached hydrogens (tertiary/aromatic N) is 1. The van der Waals surface area contributed by atoms with Crippen LogP contribution < -0.4 is 5.73 Å². The molecular formula is C10H16N2O. The average Bonchev–Trinajstić information content (AvgIpc) is 2.25. The standard InChI is InChI=1S/C10H16N2O/c1-9(2)7(6-11)4-5-10(9,3)8(12)13/h7H,4-5H2,1-3H3,(H2,12,13). The van der Waals surface area contributed by atoms with Crippen LogP contribution in [0.4, 0.5) is 0 Å². The van der Waals surface area contributed by atoms with Crippen LogP contribution >= 0.6 is 0 Å². The summed E-state index contributed by atoms with van der Waals surface area (Å²) in [6.07, 6.45) is 1.51. The quantitative estimate of drug-likeness (QED) is 0.663. The third-order valence-corrected chi connectivity index (χ3v) is 3.93.